The molecule has 10 N–H and O–H groups in total. The molecular formula is C51H79BrClN11O20S13Si2. The number of H-pyrrole nitrogens is 1. The van der Waals surface area contributed by atoms with Crippen LogP contribution in [0.3, 0.4) is 0 Å². The van der Waals surface area contributed by atoms with Crippen LogP contribution in [0.15, 0.2) is 73.0 Å². The molecule has 7 rings (SSSR count). The Balaban J connectivity index is 0.000000586. The summed E-state index contributed by atoms with van der Waals surface area (Å²) in [7, 11) is -11.8. The molecule has 0 aromatic carbocycles. The first kappa shape index (κ1) is 93.2. The van der Waals surface area contributed by atoms with Crippen molar-refractivity contribution in [3.8, 4) is 0 Å². The van der Waals surface area contributed by atoms with Crippen LogP contribution in [0.5, 0.6) is 0 Å². The van der Waals surface area contributed by atoms with Gasteiger partial charge in [-0.05, 0) is 92.9 Å². The smallest absolute Gasteiger partial charge is 0.349 e. The Kier molecular flexibility index (Phi) is 34.6. The number of sulfonamides is 2. The number of sulfone groups is 1. The summed E-state index contributed by atoms with van der Waals surface area (Å²) in [6.45, 7) is 30.5. The van der Waals surface area contributed by atoms with Crippen LogP contribution in [0, 0.1) is 3.95 Å². The number of nitrogens with zero attached hydrogens (tertiary/aromatic N) is 7. The molecule has 99 heavy (non-hydrogen) atoms. The molecule has 0 spiro atoms. The zero-order chi connectivity index (χ0) is 77.5. The van der Waals surface area contributed by atoms with Crippen LogP contribution < -0.4 is 15.4 Å². The number of nitrogens with two attached hydrogens (primary N) is 3. The quantitative estimate of drug-likeness (QED) is 0.0165. The molecule has 558 valence electrons. The van der Waals surface area contributed by atoms with Crippen LogP contribution in [0.25, 0.3) is 0 Å². The second kappa shape index (κ2) is 36.8. The largest absolute Gasteiger partial charge is 0.465 e. The van der Waals surface area contributed by atoms with Crippen molar-refractivity contribution in [3.63, 3.8) is 0 Å². The fourth-order valence-corrected chi connectivity index (χ4v) is 26.6. The van der Waals surface area contributed by atoms with Gasteiger partial charge in [-0.3, -0.25) is 4.03 Å². The number of rotatable bonds is 15. The van der Waals surface area contributed by atoms with Gasteiger partial charge in [0.2, 0.25) is 31.5 Å². The standard InChI is InChI=1S/C13H25NO3S2Si.C12H25N3O2S2Si.C6H10N2O3S2.C5H4BrNO2S.C5H4ClNO4S2.C5H6N2O4S2.C5H5NO2S2/c1-12(2,3)20(6,7)9-19(16,17)11-14-8-10(18-11)13(4,5)15;1-11(2,3)20(6,7)15-19(13,17)10-14-8-9(18-10)12(4,5)16;1-6(2,9)4-3-8-5(12-4)13(7,10)11;1-9-4(8)3-2-7-5(6)10-3;2*1-11-4(8)3-2-7-5(12-3)13(6,9)10;1-8-4(7)3-2-6-5(9)10-3/h8,15H,9H2,1-7H3;8,16H,1-7H3,(H2,13,15,17);3,9H,1-2H3,(H2,7,10,11);2H,1H3;2H,1H3;2H,1H3,(H2,6,9,10);2H,1H3,(H,6,9). The third-order valence-electron chi connectivity index (χ3n) is 12.8. The summed E-state index contributed by atoms with van der Waals surface area (Å²) in [6, 6.07) is 0. The first-order chi connectivity index (χ1) is 44.4. The summed E-state index contributed by atoms with van der Waals surface area (Å²) < 4.78 is 125. The van der Waals surface area contributed by atoms with Gasteiger partial charge >= 0.3 is 23.9 Å². The van der Waals surface area contributed by atoms with E-state index in [0.29, 0.717) is 59.3 Å². The molecule has 7 heterocycles. The van der Waals surface area contributed by atoms with E-state index in [4.69, 9.17) is 38.3 Å². The van der Waals surface area contributed by atoms with Crippen LogP contribution in [0.1, 0.15) is 136 Å². The summed E-state index contributed by atoms with van der Waals surface area (Å²) in [6.07, 6.45) is 9.52. The highest BCUT2D eigenvalue weighted by atomic mass is 79.9. The van der Waals surface area contributed by atoms with E-state index in [-0.39, 0.29) is 54.5 Å². The lowest BCUT2D eigenvalue weighted by atomic mass is 10.1. The van der Waals surface area contributed by atoms with Gasteiger partial charge in [0.15, 0.2) is 26.0 Å². The lowest BCUT2D eigenvalue weighted by molar-refractivity contribution is 0.0597. The van der Waals surface area contributed by atoms with Crippen LogP contribution in [-0.4, -0.2) is 162 Å². The van der Waals surface area contributed by atoms with Crippen molar-refractivity contribution in [1.29, 1.82) is 0 Å². The molecule has 0 radical (unpaired) electrons. The van der Waals surface area contributed by atoms with Crippen LogP contribution in [0.4, 0.5) is 0 Å². The third kappa shape index (κ3) is 30.8. The van der Waals surface area contributed by atoms with E-state index in [1.807, 2.05) is 13.1 Å². The SMILES string of the molecule is CC(C)(O)c1cnc(S(=O)(=O)C[Si](C)(C)C(C)(C)C)s1.CC(C)(O)c1cnc(S(N)(=O)=N[Si](C)(C)C(C)(C)C)s1.CC(C)(O)c1cnc(S(N)(=O)=O)s1.COC(=O)c1c[nH]c(=S)s1.COC(=O)c1cnc(Br)s1.COC(=O)c1cnc(S(=O)(=O)Cl)s1.COC(=O)c1cnc(S(N)(=O)=O)s1. The van der Waals surface area contributed by atoms with Gasteiger partial charge in [0.25, 0.3) is 29.1 Å². The molecule has 7 aromatic heterocycles. The van der Waals surface area contributed by atoms with Crippen molar-refractivity contribution < 1.29 is 91.3 Å². The highest BCUT2D eigenvalue weighted by molar-refractivity contribution is 9.11. The van der Waals surface area contributed by atoms with E-state index in [0.717, 1.165) is 46.4 Å². The molecule has 0 fully saturated rings. The van der Waals surface area contributed by atoms with Gasteiger partial charge in [0.05, 0.1) is 91.9 Å². The number of methoxy groups -OCH3 is 4. The molecule has 0 saturated heterocycles. The average molecular weight is 1750 g/mol. The number of aliphatic hydroxyl groups is 3. The number of primary sulfonamides is 2. The van der Waals surface area contributed by atoms with Crippen molar-refractivity contribution in [3.05, 3.63) is 85.4 Å². The fourth-order valence-electron chi connectivity index (χ4n) is 5.38. The molecule has 0 aliphatic heterocycles. The number of aromatic nitrogens is 7. The van der Waals surface area contributed by atoms with Gasteiger partial charge in [0, 0.05) is 35.5 Å². The van der Waals surface area contributed by atoms with Crippen molar-refractivity contribution in [1.82, 2.24) is 34.9 Å². The first-order valence-corrected chi connectivity index (χ1v) is 49.0. The topological polar surface area (TPSA) is 503 Å². The van der Waals surface area contributed by atoms with Crippen LogP contribution >= 0.6 is 118 Å². The number of thiazole rings is 7. The molecule has 0 bridgehead atoms. The fraction of sp³-hybridized carbons (Fsp3) is 0.510. The predicted octanol–water partition coefficient (Wildman–Crippen LogP) is 10.0. The second-order valence-corrected chi connectivity index (χ2v) is 55.3. The first-order valence-electron chi connectivity index (χ1n) is 27.3. The zero-order valence-corrected chi connectivity index (χ0v) is 71.9. The zero-order valence-electron chi connectivity index (χ0n) is 57.0. The van der Waals surface area contributed by atoms with Gasteiger partial charge < -0.3 is 39.3 Å². The van der Waals surface area contributed by atoms with Gasteiger partial charge in [0.1, 0.15) is 19.5 Å². The maximum Gasteiger partial charge on any atom is 0.349 e. The molecule has 7 aromatic rings. The Morgan fingerprint density at radius 1 is 0.515 bits per heavy atom. The van der Waals surface area contributed by atoms with E-state index in [2.05, 4.69) is 128 Å². The Morgan fingerprint density at radius 2 is 0.838 bits per heavy atom. The number of hydrogen-bond acceptors (Lipinski definition) is 35. The van der Waals surface area contributed by atoms with Gasteiger partial charge in [-0.2, -0.15) is 0 Å². The van der Waals surface area contributed by atoms with Crippen molar-refractivity contribution in [2.45, 2.75) is 158 Å². The lowest BCUT2D eigenvalue weighted by Gasteiger charge is -2.36. The minimum Gasteiger partial charge on any atom is -0.465 e. The van der Waals surface area contributed by atoms with Crippen LogP contribution in [-0.2, 0) is 84.6 Å². The number of hydrogen-bond donors (Lipinski definition) is 7. The van der Waals surface area contributed by atoms with Gasteiger partial charge in [-0.25, -0.2) is 102 Å². The van der Waals surface area contributed by atoms with Gasteiger partial charge in [-0.15, -0.1) is 45.3 Å². The molecule has 1 atom stereocenters. The number of halogens is 2. The maximum absolute atomic E-state index is 12.7. The molecular weight excluding hydrogens is 1680 g/mol. The number of carbonyl (C=O) groups excluding carboxylic acids is 4. The number of aromatic amines is 1. The normalized spacial score (nSPS) is 12.9. The lowest BCUT2D eigenvalue weighted by Crippen LogP contribution is -2.44. The Hall–Kier alpha value is -3.78. The Labute approximate surface area is 623 Å². The second-order valence-electron chi connectivity index (χ2n) is 24.5. The number of carbonyl (C=O) groups is 4. The van der Waals surface area contributed by atoms with E-state index >= 15 is 0 Å². The maximum atomic E-state index is 12.7. The molecule has 48 heteroatoms. The minimum atomic E-state index is -3.85. The highest BCUT2D eigenvalue weighted by Crippen LogP contribution is 2.40. The third-order valence-corrected chi connectivity index (χ3v) is 43.8. The molecule has 0 amide bonds. The van der Waals surface area contributed by atoms with Crippen molar-refractivity contribution in [2.75, 3.05) is 33.8 Å². The van der Waals surface area contributed by atoms with E-state index in [1.54, 1.807) is 47.7 Å². The minimum absolute atomic E-state index is 0.0103. The highest BCUT2D eigenvalue weighted by Gasteiger charge is 2.41. The van der Waals surface area contributed by atoms with Crippen LogP contribution in [0.2, 0.25) is 36.3 Å². The van der Waals surface area contributed by atoms with E-state index in [9.17, 15) is 72.4 Å². The Bertz CT molecular complexity index is 4480. The predicted molar refractivity (Wildman–Crippen MR) is 396 cm³/mol. The number of ether oxygens (including phenoxy) is 4. The monoisotopic (exact) mass is 1750 g/mol. The number of nitrogens with one attached hydrogen (secondary N) is 1. The summed E-state index contributed by atoms with van der Waals surface area (Å²) >= 11 is 14.8. The van der Waals surface area contributed by atoms with Crippen molar-refractivity contribution in [2.24, 2.45) is 19.4 Å². The molecule has 0 aliphatic rings. The molecule has 31 nitrogen and oxygen atoms in total. The van der Waals surface area contributed by atoms with Crippen molar-refractivity contribution >= 4 is 207 Å². The van der Waals surface area contributed by atoms with Gasteiger partial charge in [-0.1, -0.05) is 88.6 Å². The Morgan fingerprint density at radius 3 is 1.13 bits per heavy atom. The van der Waals surface area contributed by atoms with E-state index < -0.39 is 93.9 Å². The summed E-state index contributed by atoms with van der Waals surface area (Å²) in [5, 5.41) is 45.1. The molecule has 0 aliphatic carbocycles. The average Bonchev–Trinajstić information content (AvgIpc) is 0.848. The molecule has 1 unspecified atom stereocenters. The summed E-state index contributed by atoms with van der Waals surface area (Å²) in [4.78, 5) is 71.3. The summed E-state index contributed by atoms with van der Waals surface area (Å²) in [5.41, 5.74) is -3.15. The number of esters is 4. The van der Waals surface area contributed by atoms with E-state index in [1.165, 1.54) is 75.9 Å². The summed E-state index contributed by atoms with van der Waals surface area (Å²) in [5.74, 6) is -1.96. The molecule has 0 saturated carbocycles.